The van der Waals surface area contributed by atoms with Crippen LogP contribution in [0, 0.1) is 0 Å². The van der Waals surface area contributed by atoms with E-state index < -0.39 is 0 Å². The van der Waals surface area contributed by atoms with Gasteiger partial charge in [0.25, 0.3) is 0 Å². The molecule has 0 heterocycles. The highest BCUT2D eigenvalue weighted by Crippen LogP contribution is 2.54. The summed E-state index contributed by atoms with van der Waals surface area (Å²) in [6.45, 7) is 14.0. The zero-order chi connectivity index (χ0) is 34.1. The molecule has 0 aromatic heterocycles. The molecule has 0 unspecified atom stereocenters. The Balaban J connectivity index is 1.43. The van der Waals surface area contributed by atoms with Gasteiger partial charge < -0.3 is 0 Å². The van der Waals surface area contributed by atoms with Crippen LogP contribution < -0.4 is 0 Å². The lowest BCUT2D eigenvalue weighted by molar-refractivity contribution is 0.589. The van der Waals surface area contributed by atoms with Gasteiger partial charge in [0.1, 0.15) is 0 Å². The smallest absolute Gasteiger partial charge is 0.00137 e. The number of hydrogen-bond acceptors (Lipinski definition) is 0. The first-order chi connectivity index (χ1) is 24.1. The molecule has 1 aliphatic carbocycles. The van der Waals surface area contributed by atoms with E-state index in [1.54, 1.807) is 0 Å². The van der Waals surface area contributed by atoms with Gasteiger partial charge in [0.2, 0.25) is 0 Å². The molecule has 240 valence electrons. The van der Waals surface area contributed by atoms with E-state index in [0.29, 0.717) is 0 Å². The predicted octanol–water partition coefficient (Wildman–Crippen LogP) is 14.5. The van der Waals surface area contributed by atoms with E-state index in [0.717, 1.165) is 0 Å². The molecule has 0 saturated carbocycles. The monoisotopic (exact) mass is 640 g/mol. The summed E-state index contributed by atoms with van der Waals surface area (Å²) >= 11 is 0. The van der Waals surface area contributed by atoms with E-state index in [-0.39, 0.29) is 10.8 Å². The van der Waals surface area contributed by atoms with Crippen LogP contribution >= 0.6 is 0 Å². The zero-order valence-electron chi connectivity index (χ0n) is 29.7. The third-order valence-corrected chi connectivity index (χ3v) is 11.4. The minimum absolute atomic E-state index is 0.0352. The molecule has 1 aliphatic rings. The summed E-state index contributed by atoms with van der Waals surface area (Å²) in [4.78, 5) is 0. The molecule has 0 atom stereocenters. The summed E-state index contributed by atoms with van der Waals surface area (Å²) in [5.74, 6) is 0. The molecular formula is C50H40. The van der Waals surface area contributed by atoms with Crippen LogP contribution in [0.25, 0.3) is 98.4 Å². The number of hydrogen-bond donors (Lipinski definition) is 0. The highest BCUT2D eigenvalue weighted by atomic mass is 14.3. The molecule has 0 nitrogen and oxygen atoms in total. The summed E-state index contributed by atoms with van der Waals surface area (Å²) in [5, 5.41) is 13.4. The fourth-order valence-electron chi connectivity index (χ4n) is 8.80. The van der Waals surface area contributed by atoms with Crippen molar-refractivity contribution in [1.29, 1.82) is 0 Å². The van der Waals surface area contributed by atoms with Gasteiger partial charge in [0, 0.05) is 0 Å². The van der Waals surface area contributed by atoms with Crippen molar-refractivity contribution < 1.29 is 0 Å². The fraction of sp³-hybridized carbons (Fsp3) is 0.160. The number of fused-ring (bicyclic) bond motifs is 5. The van der Waals surface area contributed by atoms with Crippen LogP contribution in [-0.2, 0) is 10.8 Å². The third kappa shape index (κ3) is 4.12. The van der Waals surface area contributed by atoms with Crippen LogP contribution in [0.15, 0.2) is 133 Å². The molecule has 0 amide bonds. The second-order valence-electron chi connectivity index (χ2n) is 16.6. The lowest BCUT2D eigenvalue weighted by Gasteiger charge is -2.23. The van der Waals surface area contributed by atoms with E-state index in [9.17, 15) is 0 Å². The van der Waals surface area contributed by atoms with Crippen molar-refractivity contribution in [1.82, 2.24) is 0 Å². The van der Waals surface area contributed by atoms with Crippen LogP contribution in [0.5, 0.6) is 0 Å². The molecule has 0 bridgehead atoms. The van der Waals surface area contributed by atoms with Crippen LogP contribution in [0.1, 0.15) is 52.7 Å². The lowest BCUT2D eigenvalue weighted by Crippen LogP contribution is -2.12. The van der Waals surface area contributed by atoms with Gasteiger partial charge in [0.05, 0.1) is 0 Å². The van der Waals surface area contributed by atoms with E-state index in [2.05, 4.69) is 175 Å². The van der Waals surface area contributed by atoms with Gasteiger partial charge in [-0.1, -0.05) is 145 Å². The second-order valence-corrected chi connectivity index (χ2v) is 16.6. The predicted molar refractivity (Wildman–Crippen MR) is 218 cm³/mol. The van der Waals surface area contributed by atoms with Crippen LogP contribution in [0.3, 0.4) is 0 Å². The van der Waals surface area contributed by atoms with Crippen molar-refractivity contribution in [2.75, 3.05) is 0 Å². The Hall–Kier alpha value is -5.46. The first-order valence-corrected chi connectivity index (χ1v) is 18.0. The molecule has 0 spiro atoms. The first-order valence-electron chi connectivity index (χ1n) is 18.0. The van der Waals surface area contributed by atoms with Gasteiger partial charge >= 0.3 is 0 Å². The molecule has 9 aromatic carbocycles. The van der Waals surface area contributed by atoms with E-state index in [1.807, 2.05) is 0 Å². The summed E-state index contributed by atoms with van der Waals surface area (Å²) in [6, 6.07) is 51.0. The average molecular weight is 641 g/mol. The Kier molecular flexibility index (Phi) is 5.92. The average Bonchev–Trinajstić information content (AvgIpc) is 3.42. The molecule has 0 saturated heterocycles. The van der Waals surface area contributed by atoms with Gasteiger partial charge in [-0.25, -0.2) is 0 Å². The summed E-state index contributed by atoms with van der Waals surface area (Å²) in [6.07, 6.45) is 0. The maximum atomic E-state index is 2.55. The largest absolute Gasteiger partial charge is 0.0622 e. The first kappa shape index (κ1) is 29.5. The van der Waals surface area contributed by atoms with E-state index in [4.69, 9.17) is 0 Å². The fourth-order valence-corrected chi connectivity index (χ4v) is 8.80. The second kappa shape index (κ2) is 10.1. The van der Waals surface area contributed by atoms with Crippen LogP contribution in [-0.4, -0.2) is 0 Å². The van der Waals surface area contributed by atoms with Crippen molar-refractivity contribution in [3.63, 3.8) is 0 Å². The minimum atomic E-state index is 0.0352. The summed E-state index contributed by atoms with van der Waals surface area (Å²) < 4.78 is 0. The molecule has 0 radical (unpaired) electrons. The van der Waals surface area contributed by atoms with Gasteiger partial charge in [-0.2, -0.15) is 0 Å². The molecule has 50 heavy (non-hydrogen) atoms. The van der Waals surface area contributed by atoms with Crippen molar-refractivity contribution in [3.05, 3.63) is 145 Å². The molecule has 9 aromatic rings. The van der Waals surface area contributed by atoms with Crippen molar-refractivity contribution in [3.8, 4) is 44.5 Å². The highest BCUT2D eigenvalue weighted by molar-refractivity contribution is 6.36. The Morgan fingerprint density at radius 2 is 0.900 bits per heavy atom. The SMILES string of the molecule is CC(C)(C)c1cc2c3c(cc(C(C)(C)C)cc3c1)-c1cc3c(cc1-2)c(-c1ccccc1)c1ccc2cccc4c(-c5ccccc5)cc3c1c24. The molecule has 0 heteroatoms. The maximum Gasteiger partial charge on any atom is -0.00137 e. The van der Waals surface area contributed by atoms with Crippen molar-refractivity contribution in [2.24, 2.45) is 0 Å². The van der Waals surface area contributed by atoms with Gasteiger partial charge in [-0.3, -0.25) is 0 Å². The van der Waals surface area contributed by atoms with Gasteiger partial charge in [-0.05, 0) is 151 Å². The standard InChI is InChI=1S/C50H40/c1-49(2,3)33-22-32-23-34(50(4,5)6)25-42-39-28-43-40(27-38(39)41(24-33)46(32)42)44-26-37(29-14-9-7-10-15-29)35-19-13-18-31-20-21-36(48(44)47(31)35)45(43)30-16-11-8-12-17-30/h7-28H,1-6H3. The van der Waals surface area contributed by atoms with Crippen molar-refractivity contribution in [2.45, 2.75) is 52.4 Å². The minimum Gasteiger partial charge on any atom is -0.0622 e. The lowest BCUT2D eigenvalue weighted by atomic mass is 9.81. The van der Waals surface area contributed by atoms with E-state index >= 15 is 0 Å². The van der Waals surface area contributed by atoms with Gasteiger partial charge in [-0.15, -0.1) is 0 Å². The number of benzene rings is 9. The molecule has 0 N–H and O–H groups in total. The van der Waals surface area contributed by atoms with E-state index in [1.165, 1.54) is 109 Å². The normalized spacial score (nSPS) is 13.0. The Labute approximate surface area is 294 Å². The zero-order valence-corrected chi connectivity index (χ0v) is 29.7. The molecule has 0 fully saturated rings. The highest BCUT2D eigenvalue weighted by Gasteiger charge is 2.29. The topological polar surface area (TPSA) is 0 Å². The van der Waals surface area contributed by atoms with Crippen LogP contribution in [0.2, 0.25) is 0 Å². The quantitative estimate of drug-likeness (QED) is 0.130. The van der Waals surface area contributed by atoms with Crippen molar-refractivity contribution >= 4 is 53.9 Å². The summed E-state index contributed by atoms with van der Waals surface area (Å²) in [5.41, 5.74) is 13.4. The Morgan fingerprint density at radius 1 is 0.320 bits per heavy atom. The molecule has 10 rings (SSSR count). The molecular weight excluding hydrogens is 601 g/mol. The van der Waals surface area contributed by atoms with Gasteiger partial charge in [0.15, 0.2) is 0 Å². The molecule has 0 aliphatic heterocycles. The maximum absolute atomic E-state index is 2.55. The Morgan fingerprint density at radius 3 is 1.52 bits per heavy atom. The van der Waals surface area contributed by atoms with Crippen LogP contribution in [0.4, 0.5) is 0 Å². The summed E-state index contributed by atoms with van der Waals surface area (Å²) in [7, 11) is 0. The third-order valence-electron chi connectivity index (χ3n) is 11.4. The number of rotatable bonds is 2. The Bertz CT molecular complexity index is 2830.